The highest BCUT2D eigenvalue weighted by Gasteiger charge is 2.36. The van der Waals surface area contributed by atoms with Gasteiger partial charge in [0.25, 0.3) is 0 Å². The molecule has 176 valence electrons. The van der Waals surface area contributed by atoms with Crippen LogP contribution >= 0.6 is 0 Å². The number of nitrogens with zero attached hydrogens (tertiary/aromatic N) is 1. The Balaban J connectivity index is 1.63. The zero-order valence-electron chi connectivity index (χ0n) is 19.6. The number of hydrogen-bond donors (Lipinski definition) is 2. The highest BCUT2D eigenvalue weighted by molar-refractivity contribution is 5.86. The quantitative estimate of drug-likeness (QED) is 0.588. The maximum absolute atomic E-state index is 12.7. The topological polar surface area (TPSA) is 95.9 Å². The molecule has 2 aromatic carbocycles. The summed E-state index contributed by atoms with van der Waals surface area (Å²) in [5, 5.41) is 12.2. The number of carbonyl (C=O) groups is 3. The van der Waals surface area contributed by atoms with Gasteiger partial charge in [0.05, 0.1) is 0 Å². The molecule has 3 rings (SSSR count). The number of aliphatic carboxylic acids is 1. The van der Waals surface area contributed by atoms with E-state index in [2.05, 4.69) is 29.6 Å². The number of ether oxygens (including phenoxy) is 1. The molecule has 0 aromatic heterocycles. The molecule has 0 radical (unpaired) electrons. The molecule has 1 atom stereocenters. The van der Waals surface area contributed by atoms with Crippen LogP contribution in [0.25, 0.3) is 11.1 Å². The number of alkyl carbamates (subject to hydrolysis) is 1. The largest absolute Gasteiger partial charge is 0.480 e. The molecule has 2 aromatic rings. The van der Waals surface area contributed by atoms with Crippen molar-refractivity contribution in [3.63, 3.8) is 0 Å². The summed E-state index contributed by atoms with van der Waals surface area (Å²) in [4.78, 5) is 38.0. The first-order valence-corrected chi connectivity index (χ1v) is 11.3. The predicted molar refractivity (Wildman–Crippen MR) is 126 cm³/mol. The number of fused-ring (bicyclic) bond motifs is 3. The normalized spacial score (nSPS) is 13.6. The van der Waals surface area contributed by atoms with E-state index in [0.717, 1.165) is 28.7 Å². The molecule has 1 unspecified atom stereocenters. The molecule has 0 saturated heterocycles. The van der Waals surface area contributed by atoms with Gasteiger partial charge in [0.1, 0.15) is 12.1 Å². The number of hydrogen-bond acceptors (Lipinski definition) is 4. The molecule has 0 saturated carbocycles. The van der Waals surface area contributed by atoms with E-state index in [-0.39, 0.29) is 24.9 Å². The number of benzene rings is 2. The van der Waals surface area contributed by atoms with Gasteiger partial charge >= 0.3 is 12.1 Å². The second-order valence-electron chi connectivity index (χ2n) is 8.98. The number of carbonyl (C=O) groups excluding carboxylic acids is 2. The maximum Gasteiger partial charge on any atom is 0.407 e. The van der Waals surface area contributed by atoms with E-state index in [0.29, 0.717) is 6.42 Å². The molecule has 1 aliphatic rings. The highest BCUT2D eigenvalue weighted by atomic mass is 16.5. The molecule has 33 heavy (non-hydrogen) atoms. The summed E-state index contributed by atoms with van der Waals surface area (Å²) in [7, 11) is 1.47. The Bertz CT molecular complexity index is 987. The van der Waals surface area contributed by atoms with E-state index in [1.54, 1.807) is 0 Å². The Morgan fingerprint density at radius 1 is 1.06 bits per heavy atom. The standard InChI is InChI=1S/C26H32N2O5/c1-5-10-17(15-23(29)28(4)26(2,3)24(30)31)27-25(32)33-16-22-20-13-8-6-11-18(20)19-12-7-9-14-21(19)22/h6-9,11-14,17,22H,5,10,15-16H2,1-4H3,(H,27,32)(H,30,31). The van der Waals surface area contributed by atoms with Gasteiger partial charge in [-0.2, -0.15) is 0 Å². The molecule has 7 heteroatoms. The lowest BCUT2D eigenvalue weighted by Crippen LogP contribution is -2.52. The molecule has 2 amide bonds. The van der Waals surface area contributed by atoms with E-state index in [9.17, 15) is 19.5 Å². The van der Waals surface area contributed by atoms with Crippen LogP contribution in [0, 0.1) is 0 Å². The first kappa shape index (κ1) is 24.3. The first-order valence-electron chi connectivity index (χ1n) is 11.3. The summed E-state index contributed by atoms with van der Waals surface area (Å²) >= 11 is 0. The van der Waals surface area contributed by atoms with Crippen molar-refractivity contribution < 1.29 is 24.2 Å². The Kier molecular flexibility index (Phi) is 7.41. The minimum atomic E-state index is -1.34. The predicted octanol–water partition coefficient (Wildman–Crippen LogP) is 4.41. The molecular weight excluding hydrogens is 420 g/mol. The minimum Gasteiger partial charge on any atom is -0.480 e. The van der Waals surface area contributed by atoms with Gasteiger partial charge in [0, 0.05) is 25.4 Å². The third-order valence-corrected chi connectivity index (χ3v) is 6.46. The van der Waals surface area contributed by atoms with Crippen LogP contribution in [0.1, 0.15) is 57.1 Å². The molecule has 0 spiro atoms. The van der Waals surface area contributed by atoms with Crippen molar-refractivity contribution >= 4 is 18.0 Å². The van der Waals surface area contributed by atoms with E-state index in [1.165, 1.54) is 25.8 Å². The van der Waals surface area contributed by atoms with Crippen LogP contribution in [-0.4, -0.2) is 53.2 Å². The molecular formula is C26H32N2O5. The van der Waals surface area contributed by atoms with Gasteiger partial charge in [-0.05, 0) is 42.5 Å². The Labute approximate surface area is 194 Å². The SMILES string of the molecule is CCCC(CC(=O)N(C)C(C)(C)C(=O)O)NC(=O)OCC1c2ccccc2-c2ccccc21. The fourth-order valence-electron chi connectivity index (χ4n) is 4.18. The number of carboxylic acid groups (broad SMARTS) is 1. The van der Waals surface area contributed by atoms with E-state index < -0.39 is 23.6 Å². The molecule has 0 aliphatic heterocycles. The van der Waals surface area contributed by atoms with Crippen LogP contribution < -0.4 is 5.32 Å². The average molecular weight is 453 g/mol. The second kappa shape index (κ2) is 10.1. The van der Waals surface area contributed by atoms with Crippen molar-refractivity contribution in [2.45, 2.75) is 57.5 Å². The molecule has 0 heterocycles. The number of amides is 2. The van der Waals surface area contributed by atoms with Crippen LogP contribution in [0.5, 0.6) is 0 Å². The summed E-state index contributed by atoms with van der Waals surface area (Å²) in [6.45, 7) is 5.10. The van der Waals surface area contributed by atoms with Crippen molar-refractivity contribution in [2.24, 2.45) is 0 Å². The molecule has 0 fully saturated rings. The van der Waals surface area contributed by atoms with Gasteiger partial charge in [0.2, 0.25) is 5.91 Å². The van der Waals surface area contributed by atoms with Crippen LogP contribution in [0.15, 0.2) is 48.5 Å². The van der Waals surface area contributed by atoms with Crippen molar-refractivity contribution in [1.29, 1.82) is 0 Å². The number of likely N-dealkylation sites (N-methyl/N-ethyl adjacent to an activating group) is 1. The van der Waals surface area contributed by atoms with E-state index in [1.807, 2.05) is 31.2 Å². The zero-order chi connectivity index (χ0) is 24.2. The van der Waals surface area contributed by atoms with Crippen molar-refractivity contribution in [3.05, 3.63) is 59.7 Å². The zero-order valence-corrected chi connectivity index (χ0v) is 19.6. The van der Waals surface area contributed by atoms with Crippen molar-refractivity contribution in [3.8, 4) is 11.1 Å². The third kappa shape index (κ3) is 5.18. The van der Waals surface area contributed by atoms with Crippen LogP contribution in [0.3, 0.4) is 0 Å². The molecule has 0 bridgehead atoms. The average Bonchev–Trinajstić information content (AvgIpc) is 3.11. The van der Waals surface area contributed by atoms with Crippen molar-refractivity contribution in [1.82, 2.24) is 10.2 Å². The lowest BCUT2D eigenvalue weighted by molar-refractivity contribution is -0.155. The first-order chi connectivity index (χ1) is 15.7. The van der Waals surface area contributed by atoms with Gasteiger partial charge in [-0.3, -0.25) is 4.79 Å². The van der Waals surface area contributed by atoms with Crippen LogP contribution in [0.4, 0.5) is 4.79 Å². The second-order valence-corrected chi connectivity index (χ2v) is 8.98. The van der Waals surface area contributed by atoms with Crippen LogP contribution in [0.2, 0.25) is 0 Å². The molecule has 2 N–H and O–H groups in total. The Morgan fingerprint density at radius 3 is 2.12 bits per heavy atom. The smallest absolute Gasteiger partial charge is 0.407 e. The fraction of sp³-hybridized carbons (Fsp3) is 0.423. The highest BCUT2D eigenvalue weighted by Crippen LogP contribution is 2.44. The van der Waals surface area contributed by atoms with Gasteiger partial charge in [0.15, 0.2) is 0 Å². The summed E-state index contributed by atoms with van der Waals surface area (Å²) in [5.74, 6) is -1.48. The summed E-state index contributed by atoms with van der Waals surface area (Å²) in [6.07, 6.45) is 0.763. The van der Waals surface area contributed by atoms with Gasteiger partial charge < -0.3 is 20.1 Å². The fourth-order valence-corrected chi connectivity index (χ4v) is 4.18. The van der Waals surface area contributed by atoms with Crippen LogP contribution in [-0.2, 0) is 14.3 Å². The number of nitrogens with one attached hydrogen (secondary N) is 1. The van der Waals surface area contributed by atoms with Gasteiger partial charge in [-0.15, -0.1) is 0 Å². The van der Waals surface area contributed by atoms with E-state index in [4.69, 9.17) is 4.74 Å². The number of rotatable bonds is 9. The molecule has 1 aliphatic carbocycles. The lowest BCUT2D eigenvalue weighted by Gasteiger charge is -2.32. The lowest BCUT2D eigenvalue weighted by atomic mass is 9.98. The Morgan fingerprint density at radius 2 is 1.61 bits per heavy atom. The Hall–Kier alpha value is -3.35. The van der Waals surface area contributed by atoms with Gasteiger partial charge in [-0.1, -0.05) is 61.9 Å². The number of carboxylic acids is 1. The minimum absolute atomic E-state index is 0.00520. The summed E-state index contributed by atoms with van der Waals surface area (Å²) in [5.41, 5.74) is 3.23. The van der Waals surface area contributed by atoms with E-state index >= 15 is 0 Å². The van der Waals surface area contributed by atoms with Gasteiger partial charge in [-0.25, -0.2) is 9.59 Å². The molecule has 7 nitrogen and oxygen atoms in total. The maximum atomic E-state index is 12.7. The van der Waals surface area contributed by atoms with Crippen molar-refractivity contribution in [2.75, 3.05) is 13.7 Å². The summed E-state index contributed by atoms with van der Waals surface area (Å²) in [6, 6.07) is 15.8. The summed E-state index contributed by atoms with van der Waals surface area (Å²) < 4.78 is 5.59. The monoisotopic (exact) mass is 452 g/mol. The third-order valence-electron chi connectivity index (χ3n) is 6.46.